The number of rotatable bonds is 5. The number of halogens is 3. The van der Waals surface area contributed by atoms with Gasteiger partial charge in [0.15, 0.2) is 0 Å². The van der Waals surface area contributed by atoms with Crippen LogP contribution in [0.1, 0.15) is 11.1 Å². The summed E-state index contributed by atoms with van der Waals surface area (Å²) in [6, 6.07) is 14.0. The second-order valence-electron chi connectivity index (χ2n) is 7.55. The lowest BCUT2D eigenvalue weighted by atomic mass is 10.1. The van der Waals surface area contributed by atoms with Gasteiger partial charge in [-0.1, -0.05) is 30.3 Å². The van der Waals surface area contributed by atoms with Crippen molar-refractivity contribution in [3.05, 3.63) is 76.3 Å². The van der Waals surface area contributed by atoms with Crippen LogP contribution < -0.4 is 5.76 Å². The van der Waals surface area contributed by atoms with Crippen LogP contribution >= 0.6 is 0 Å². The van der Waals surface area contributed by atoms with Gasteiger partial charge in [0, 0.05) is 38.3 Å². The van der Waals surface area contributed by atoms with Crippen molar-refractivity contribution in [1.82, 2.24) is 19.6 Å². The van der Waals surface area contributed by atoms with Crippen molar-refractivity contribution < 1.29 is 22.4 Å². The lowest BCUT2D eigenvalue weighted by Crippen LogP contribution is -2.49. The first-order chi connectivity index (χ1) is 15.3. The van der Waals surface area contributed by atoms with Crippen LogP contribution in [0, 0.1) is 0 Å². The molecule has 1 aromatic heterocycles. The first-order valence-electron chi connectivity index (χ1n) is 10.1. The van der Waals surface area contributed by atoms with Gasteiger partial charge >= 0.3 is 11.9 Å². The van der Waals surface area contributed by atoms with Crippen LogP contribution in [0.5, 0.6) is 0 Å². The molecule has 0 saturated carbocycles. The molecule has 0 unspecified atom stereocenters. The highest BCUT2D eigenvalue weighted by atomic mass is 19.4. The Kier molecular flexibility index (Phi) is 6.13. The summed E-state index contributed by atoms with van der Waals surface area (Å²) in [5, 5.41) is 4.11. The van der Waals surface area contributed by atoms with Gasteiger partial charge in [-0.25, -0.2) is 4.79 Å². The van der Waals surface area contributed by atoms with Crippen LogP contribution in [0.4, 0.5) is 13.2 Å². The molecule has 7 nitrogen and oxygen atoms in total. The van der Waals surface area contributed by atoms with Crippen LogP contribution in [0.2, 0.25) is 0 Å². The van der Waals surface area contributed by atoms with Gasteiger partial charge in [-0.2, -0.15) is 17.9 Å². The fourth-order valence-electron chi connectivity index (χ4n) is 3.54. The molecule has 0 atom stereocenters. The predicted molar refractivity (Wildman–Crippen MR) is 110 cm³/mol. The summed E-state index contributed by atoms with van der Waals surface area (Å²) < 4.78 is 44.2. The molecule has 10 heteroatoms. The minimum atomic E-state index is -4.35. The lowest BCUT2D eigenvalue weighted by molar-refractivity contribution is -0.137. The Morgan fingerprint density at radius 2 is 1.62 bits per heavy atom. The number of nitrogens with zero attached hydrogens (tertiary/aromatic N) is 4. The number of hydrogen-bond donors (Lipinski definition) is 0. The van der Waals surface area contributed by atoms with Gasteiger partial charge < -0.3 is 9.32 Å². The normalized spacial score (nSPS) is 15.2. The highest BCUT2D eigenvalue weighted by molar-refractivity contribution is 5.76. The number of alkyl halides is 3. The standard InChI is InChI=1S/C22H21F3N4O3/c23-22(24,25)18-8-6-16(7-9-18)14-27-10-12-28(13-11-27)19(30)15-29-21(31)32-20(26-29)17-4-2-1-3-5-17/h1-9H,10-15H2. The van der Waals surface area contributed by atoms with Gasteiger partial charge in [0.2, 0.25) is 11.8 Å². The molecule has 2 aromatic carbocycles. The van der Waals surface area contributed by atoms with Crippen molar-refractivity contribution >= 4 is 5.91 Å². The molecule has 0 bridgehead atoms. The number of amides is 1. The van der Waals surface area contributed by atoms with E-state index in [-0.39, 0.29) is 18.3 Å². The molecule has 1 aliphatic heterocycles. The fraction of sp³-hybridized carbons (Fsp3) is 0.318. The molecule has 1 saturated heterocycles. The summed E-state index contributed by atoms with van der Waals surface area (Å²) in [5.74, 6) is -0.780. The van der Waals surface area contributed by atoms with E-state index in [1.807, 2.05) is 6.07 Å². The van der Waals surface area contributed by atoms with Gasteiger partial charge in [-0.05, 0) is 29.8 Å². The zero-order chi connectivity index (χ0) is 22.7. The summed E-state index contributed by atoms with van der Waals surface area (Å²) in [4.78, 5) is 28.4. The Balaban J connectivity index is 1.30. The van der Waals surface area contributed by atoms with Gasteiger partial charge in [0.05, 0.1) is 5.56 Å². The van der Waals surface area contributed by atoms with Crippen LogP contribution in [-0.4, -0.2) is 51.7 Å². The van der Waals surface area contributed by atoms with Crippen LogP contribution in [0.15, 0.2) is 63.8 Å². The summed E-state index contributed by atoms with van der Waals surface area (Å²) in [6.45, 7) is 2.36. The summed E-state index contributed by atoms with van der Waals surface area (Å²) >= 11 is 0. The smallest absolute Gasteiger partial charge is 0.388 e. The SMILES string of the molecule is O=C(Cn1nc(-c2ccccc2)oc1=O)N1CCN(Cc2ccc(C(F)(F)F)cc2)CC1. The molecule has 1 aliphatic rings. The van der Waals surface area contributed by atoms with Gasteiger partial charge in [-0.15, -0.1) is 5.10 Å². The highest BCUT2D eigenvalue weighted by Gasteiger charge is 2.30. The van der Waals surface area contributed by atoms with E-state index in [1.54, 1.807) is 29.2 Å². The van der Waals surface area contributed by atoms with Crippen LogP contribution in [-0.2, 0) is 24.1 Å². The minimum Gasteiger partial charge on any atom is -0.388 e. The zero-order valence-corrected chi connectivity index (χ0v) is 17.1. The summed E-state index contributed by atoms with van der Waals surface area (Å²) in [5.41, 5.74) is 0.753. The average molecular weight is 446 g/mol. The van der Waals surface area contributed by atoms with Crippen molar-refractivity contribution in [2.75, 3.05) is 26.2 Å². The Morgan fingerprint density at radius 3 is 2.25 bits per heavy atom. The van der Waals surface area contributed by atoms with E-state index >= 15 is 0 Å². The van der Waals surface area contributed by atoms with E-state index in [1.165, 1.54) is 12.1 Å². The molecule has 1 fully saturated rings. The summed E-state index contributed by atoms with van der Waals surface area (Å²) in [6.07, 6.45) is -4.35. The van der Waals surface area contributed by atoms with Crippen molar-refractivity contribution in [2.24, 2.45) is 0 Å². The Morgan fingerprint density at radius 1 is 0.969 bits per heavy atom. The molecule has 0 aliphatic carbocycles. The molecule has 0 spiro atoms. The van der Waals surface area contributed by atoms with Gasteiger partial charge in [-0.3, -0.25) is 9.69 Å². The first kappa shape index (κ1) is 21.8. The Bertz CT molecular complexity index is 1120. The minimum absolute atomic E-state index is 0.157. The maximum absolute atomic E-state index is 12.7. The average Bonchev–Trinajstić information content (AvgIpc) is 3.15. The molecule has 168 valence electrons. The van der Waals surface area contributed by atoms with E-state index in [4.69, 9.17) is 4.42 Å². The van der Waals surface area contributed by atoms with Crippen molar-refractivity contribution in [2.45, 2.75) is 19.3 Å². The van der Waals surface area contributed by atoms with E-state index < -0.39 is 17.5 Å². The number of carbonyl (C=O) groups is 1. The predicted octanol–water partition coefficient (Wildman–Crippen LogP) is 2.87. The van der Waals surface area contributed by atoms with Crippen molar-refractivity contribution in [1.29, 1.82) is 0 Å². The highest BCUT2D eigenvalue weighted by Crippen LogP contribution is 2.29. The third kappa shape index (κ3) is 5.08. The molecular weight excluding hydrogens is 425 g/mol. The Hall–Kier alpha value is -3.40. The molecular formula is C22H21F3N4O3. The van der Waals surface area contributed by atoms with Crippen LogP contribution in [0.25, 0.3) is 11.5 Å². The molecule has 1 amide bonds. The molecule has 3 aromatic rings. The largest absolute Gasteiger partial charge is 0.437 e. The van der Waals surface area contributed by atoms with E-state index in [0.29, 0.717) is 38.3 Å². The van der Waals surface area contributed by atoms with E-state index in [2.05, 4.69) is 10.00 Å². The van der Waals surface area contributed by atoms with E-state index in [0.717, 1.165) is 22.4 Å². The molecule has 2 heterocycles. The maximum Gasteiger partial charge on any atom is 0.437 e. The third-order valence-electron chi connectivity index (χ3n) is 5.32. The lowest BCUT2D eigenvalue weighted by Gasteiger charge is -2.34. The molecule has 32 heavy (non-hydrogen) atoms. The monoisotopic (exact) mass is 446 g/mol. The van der Waals surface area contributed by atoms with Gasteiger partial charge in [0.1, 0.15) is 6.54 Å². The third-order valence-corrected chi connectivity index (χ3v) is 5.32. The molecule has 0 radical (unpaired) electrons. The van der Waals surface area contributed by atoms with Crippen LogP contribution in [0.3, 0.4) is 0 Å². The molecule has 0 N–H and O–H groups in total. The maximum atomic E-state index is 12.7. The number of carbonyl (C=O) groups excluding carboxylic acids is 1. The number of benzene rings is 2. The second-order valence-corrected chi connectivity index (χ2v) is 7.55. The fourth-order valence-corrected chi connectivity index (χ4v) is 3.54. The quantitative estimate of drug-likeness (QED) is 0.603. The number of piperazine rings is 1. The topological polar surface area (TPSA) is 71.6 Å². The van der Waals surface area contributed by atoms with Crippen molar-refractivity contribution in [3.63, 3.8) is 0 Å². The number of aromatic nitrogens is 2. The Labute approximate surface area is 181 Å². The zero-order valence-electron chi connectivity index (χ0n) is 17.1. The second kappa shape index (κ2) is 8.99. The summed E-state index contributed by atoms with van der Waals surface area (Å²) in [7, 11) is 0. The van der Waals surface area contributed by atoms with Gasteiger partial charge in [0.25, 0.3) is 0 Å². The first-order valence-corrected chi connectivity index (χ1v) is 10.1. The van der Waals surface area contributed by atoms with E-state index in [9.17, 15) is 22.8 Å². The molecule has 4 rings (SSSR count). The number of hydrogen-bond acceptors (Lipinski definition) is 5. The van der Waals surface area contributed by atoms with Crippen molar-refractivity contribution in [3.8, 4) is 11.5 Å².